The molecular weight excluding hydrogens is 724 g/mol. The number of likely N-dealkylation sites (N-methyl/N-ethyl adjacent to an activating group) is 1. The Hall–Kier alpha value is -0.950. The molecule has 0 saturated carbocycles. The van der Waals surface area contributed by atoms with Crippen molar-refractivity contribution in [2.75, 3.05) is 39.9 Å². The summed E-state index contributed by atoms with van der Waals surface area (Å²) in [6, 6.07) is 9.25. The third-order valence-electron chi connectivity index (χ3n) is 7.40. The first kappa shape index (κ1) is 50.2. The van der Waals surface area contributed by atoms with Gasteiger partial charge in [-0.1, -0.05) is 58.3 Å². The fourth-order valence-electron chi connectivity index (χ4n) is 4.63. The second kappa shape index (κ2) is 25.9. The zero-order valence-corrected chi connectivity index (χ0v) is 35.2. The van der Waals surface area contributed by atoms with Crippen LogP contribution in [0.1, 0.15) is 71.1 Å². The van der Waals surface area contributed by atoms with Crippen molar-refractivity contribution in [2.45, 2.75) is 80.9 Å². The Bertz CT molecular complexity index is 1350. The smallest absolute Gasteiger partial charge is 0.514 e. The molecule has 0 saturated heterocycles. The summed E-state index contributed by atoms with van der Waals surface area (Å²) in [5.74, 6) is 0.0825. The first-order chi connectivity index (χ1) is 21.7. The number of carbonyl (C=O) groups is 2. The predicted molar refractivity (Wildman–Crippen MR) is 181 cm³/mol. The van der Waals surface area contributed by atoms with E-state index >= 15 is 0 Å². The molecule has 0 atom stereocenters. The first-order valence-corrected chi connectivity index (χ1v) is 18.3. The van der Waals surface area contributed by atoms with Crippen molar-refractivity contribution < 1.29 is 71.4 Å². The van der Waals surface area contributed by atoms with Crippen LogP contribution in [0.4, 0.5) is 9.59 Å². The largest absolute Gasteiger partial charge is 1.00 e. The number of rotatable bonds is 21. The molecule has 0 aliphatic rings. The van der Waals surface area contributed by atoms with E-state index in [2.05, 4.69) is 6.92 Å². The first-order valence-electron chi connectivity index (χ1n) is 15.4. The molecule has 0 amide bonds. The Balaban J connectivity index is 0. The number of hydrogen-bond acceptors (Lipinski definition) is 10. The monoisotopic (exact) mass is 769 g/mol. The van der Waals surface area contributed by atoms with Gasteiger partial charge < -0.3 is 35.8 Å². The molecule has 13 nitrogen and oxygen atoms in total. The standard InChI is InChI=1S/C31H45NO12S2.ClH.2Na/c1-3-4-5-6-7-8-9-10-11-12-21-32(2,22-24-41-30(33)43-26-13-17-28(18-14-26)45(35,36)37)23-25-42-31(34)44-27-15-19-29(20-16-27)46(38,39)40;;;/h13-20H,3-12,21-25H2,1-2H3,(H-,35,36,37,38,39,40);1H;;. The zero-order chi connectivity index (χ0) is 34.1. The van der Waals surface area contributed by atoms with E-state index < -0.39 is 32.5 Å². The summed E-state index contributed by atoms with van der Waals surface area (Å²) in [6.45, 7) is 3.73. The number of halogens is 1. The Morgan fingerprint density at radius 2 is 0.918 bits per heavy atom. The number of unbranched alkanes of at least 4 members (excludes halogenated alkanes) is 9. The van der Waals surface area contributed by atoms with Gasteiger partial charge in [0, 0.05) is 59.1 Å². The Kier molecular flexibility index (Phi) is 26.5. The van der Waals surface area contributed by atoms with Crippen LogP contribution >= 0.6 is 0 Å². The molecule has 2 aromatic carbocycles. The molecule has 0 spiro atoms. The number of hydrogen-bond donors (Lipinski definition) is 2. The Labute approximate surface area is 340 Å². The van der Waals surface area contributed by atoms with Gasteiger partial charge in [0.15, 0.2) is 0 Å². The van der Waals surface area contributed by atoms with Gasteiger partial charge in [-0.05, 0) is 61.4 Å². The van der Waals surface area contributed by atoms with Gasteiger partial charge in [-0.25, -0.2) is 9.59 Å². The van der Waals surface area contributed by atoms with Crippen LogP contribution in [0.15, 0.2) is 58.3 Å². The molecule has 0 aromatic heterocycles. The van der Waals surface area contributed by atoms with Crippen LogP contribution in [0.2, 0.25) is 0 Å². The third kappa shape index (κ3) is 21.9. The van der Waals surface area contributed by atoms with Crippen molar-refractivity contribution in [1.82, 2.24) is 0 Å². The fourth-order valence-corrected chi connectivity index (χ4v) is 5.59. The van der Waals surface area contributed by atoms with E-state index in [0.29, 0.717) is 17.6 Å². The quantitative estimate of drug-likeness (QED) is 0.0474. The molecule has 2 radical (unpaired) electrons. The van der Waals surface area contributed by atoms with Crippen LogP contribution in [0.25, 0.3) is 0 Å². The maximum Gasteiger partial charge on any atom is 0.514 e. The van der Waals surface area contributed by atoms with E-state index in [1.165, 1.54) is 69.2 Å². The maximum absolute atomic E-state index is 12.2. The van der Waals surface area contributed by atoms with Crippen LogP contribution in [-0.4, -0.2) is 142 Å². The minimum Gasteiger partial charge on any atom is -1.00 e. The van der Waals surface area contributed by atoms with E-state index in [1.807, 2.05) is 7.05 Å². The Morgan fingerprint density at radius 1 is 0.592 bits per heavy atom. The van der Waals surface area contributed by atoms with E-state index in [4.69, 9.17) is 28.1 Å². The summed E-state index contributed by atoms with van der Waals surface area (Å²) < 4.78 is 83.9. The molecule has 2 rings (SSSR count). The average molecular weight is 770 g/mol. The number of nitrogens with zero attached hydrogens (tertiary/aromatic N) is 1. The summed E-state index contributed by atoms with van der Waals surface area (Å²) in [7, 11) is -6.79. The van der Waals surface area contributed by atoms with Gasteiger partial charge in [-0.2, -0.15) is 16.8 Å². The van der Waals surface area contributed by atoms with Crippen LogP contribution < -0.4 is 21.9 Å². The van der Waals surface area contributed by atoms with Crippen LogP contribution in [0.3, 0.4) is 0 Å². The summed E-state index contributed by atoms with van der Waals surface area (Å²) in [4.78, 5) is 23.8. The molecule has 2 aromatic rings. The number of quaternary nitrogens is 1. The van der Waals surface area contributed by atoms with Gasteiger partial charge in [0.25, 0.3) is 20.2 Å². The topological polar surface area (TPSA) is 180 Å². The third-order valence-corrected chi connectivity index (χ3v) is 9.13. The van der Waals surface area contributed by atoms with Gasteiger partial charge in [-0.3, -0.25) is 9.11 Å². The summed E-state index contributed by atoms with van der Waals surface area (Å²) in [6.07, 6.45) is 9.84. The van der Waals surface area contributed by atoms with Gasteiger partial charge >= 0.3 is 12.3 Å². The van der Waals surface area contributed by atoms with Gasteiger partial charge in [0.05, 0.1) is 23.4 Å². The summed E-state index contributed by atoms with van der Waals surface area (Å²) >= 11 is 0. The van der Waals surface area contributed by atoms with Crippen molar-refractivity contribution >= 4 is 91.7 Å². The van der Waals surface area contributed by atoms with E-state index in [1.54, 1.807) is 0 Å². The predicted octanol–water partition coefficient (Wildman–Crippen LogP) is 2.52. The van der Waals surface area contributed by atoms with Crippen molar-refractivity contribution in [2.24, 2.45) is 0 Å². The van der Waals surface area contributed by atoms with Crippen LogP contribution in [-0.2, 0) is 29.7 Å². The van der Waals surface area contributed by atoms with Gasteiger partial charge in [0.1, 0.15) is 37.8 Å². The second-order valence-electron chi connectivity index (χ2n) is 11.3. The molecular formula is C31H46ClNNa2O12S2. The molecule has 0 heterocycles. The van der Waals surface area contributed by atoms with Crippen molar-refractivity contribution in [3.63, 3.8) is 0 Å². The molecule has 0 unspecified atom stereocenters. The van der Waals surface area contributed by atoms with Crippen molar-refractivity contribution in [3.8, 4) is 11.5 Å². The van der Waals surface area contributed by atoms with E-state index in [9.17, 15) is 26.4 Å². The molecule has 49 heavy (non-hydrogen) atoms. The van der Waals surface area contributed by atoms with E-state index in [0.717, 1.165) is 50.1 Å². The normalized spacial score (nSPS) is 11.3. The molecule has 0 aliphatic heterocycles. The SMILES string of the molecule is CCCCCCCCCCCC[N+](C)(CCOC(=O)Oc1ccc(S(=O)(=O)O)cc1)CCOC(=O)Oc1ccc(S(=O)(=O)O)cc1.[Cl-].[Na].[Na]. The van der Waals surface area contributed by atoms with Crippen LogP contribution in [0, 0.1) is 0 Å². The van der Waals surface area contributed by atoms with Crippen molar-refractivity contribution in [1.29, 1.82) is 0 Å². The van der Waals surface area contributed by atoms with Crippen molar-refractivity contribution in [3.05, 3.63) is 48.5 Å². The second-order valence-corrected chi connectivity index (χ2v) is 14.1. The van der Waals surface area contributed by atoms with Crippen LogP contribution in [0.5, 0.6) is 11.5 Å². The number of carbonyl (C=O) groups excluding carboxylic acids is 2. The van der Waals surface area contributed by atoms with Gasteiger partial charge in [-0.15, -0.1) is 0 Å². The minimum atomic E-state index is -4.37. The minimum absolute atomic E-state index is 0. The van der Waals surface area contributed by atoms with Gasteiger partial charge in [0.2, 0.25) is 0 Å². The molecule has 0 aliphatic carbocycles. The molecule has 18 heteroatoms. The molecule has 268 valence electrons. The van der Waals surface area contributed by atoms with E-state index in [-0.39, 0.29) is 106 Å². The summed E-state index contributed by atoms with van der Waals surface area (Å²) in [5, 5.41) is 0. The Morgan fingerprint density at radius 3 is 1.24 bits per heavy atom. The average Bonchev–Trinajstić information content (AvgIpc) is 2.98. The summed E-state index contributed by atoms with van der Waals surface area (Å²) in [5.41, 5.74) is 0. The molecule has 0 fully saturated rings. The maximum atomic E-state index is 12.2. The number of ether oxygens (including phenoxy) is 4. The molecule has 0 bridgehead atoms. The fraction of sp³-hybridized carbons (Fsp3) is 0.548. The molecule has 2 N–H and O–H groups in total. The number of benzene rings is 2. The zero-order valence-electron chi connectivity index (χ0n) is 28.8.